The second kappa shape index (κ2) is 7.94. The first kappa shape index (κ1) is 20.7. The van der Waals surface area contributed by atoms with Crippen molar-refractivity contribution in [2.24, 2.45) is 0 Å². The Morgan fingerprint density at radius 1 is 1.27 bits per heavy atom. The Bertz CT molecular complexity index is 1070. The standard InChI is InChI=1S/C21H29N7OS/c1-6-15(29)27-9-8-13(11-27)25-17-16-19(24-12-23-17)28(7-2)18(26-16)14-10-22-20(30-14)21(3,4)5/h10,12-13H,6-9,11H2,1-5H3,(H,23,24,25)/t13-/m0/s1. The van der Waals surface area contributed by atoms with Crippen molar-refractivity contribution in [3.05, 3.63) is 17.5 Å². The largest absolute Gasteiger partial charge is 0.364 e. The molecule has 0 saturated carbocycles. The van der Waals surface area contributed by atoms with Gasteiger partial charge in [0.25, 0.3) is 0 Å². The minimum Gasteiger partial charge on any atom is -0.364 e. The predicted molar refractivity (Wildman–Crippen MR) is 120 cm³/mol. The molecule has 30 heavy (non-hydrogen) atoms. The molecule has 9 heteroatoms. The van der Waals surface area contributed by atoms with Crippen molar-refractivity contribution in [3.8, 4) is 10.7 Å². The summed E-state index contributed by atoms with van der Waals surface area (Å²) in [7, 11) is 0. The number of imidazole rings is 1. The van der Waals surface area contributed by atoms with Crippen LogP contribution in [0.3, 0.4) is 0 Å². The summed E-state index contributed by atoms with van der Waals surface area (Å²) in [5.74, 6) is 1.80. The van der Waals surface area contributed by atoms with Gasteiger partial charge in [-0.25, -0.2) is 19.9 Å². The van der Waals surface area contributed by atoms with Gasteiger partial charge in [-0.3, -0.25) is 4.79 Å². The average Bonchev–Trinajstić information content (AvgIpc) is 3.44. The zero-order valence-electron chi connectivity index (χ0n) is 18.3. The minimum absolute atomic E-state index is 0.00275. The quantitative estimate of drug-likeness (QED) is 0.668. The van der Waals surface area contributed by atoms with Gasteiger partial charge in [-0.05, 0) is 13.3 Å². The summed E-state index contributed by atoms with van der Waals surface area (Å²) in [5.41, 5.74) is 1.58. The Kier molecular flexibility index (Phi) is 5.48. The molecule has 1 fully saturated rings. The SMILES string of the molecule is CCC(=O)N1CC[C@H](Nc2ncnc3c2nc(-c2cnc(C(C)(C)C)s2)n3CC)C1. The maximum atomic E-state index is 12.0. The summed E-state index contributed by atoms with van der Waals surface area (Å²) in [5, 5.41) is 4.59. The molecule has 8 nitrogen and oxygen atoms in total. The van der Waals surface area contributed by atoms with Crippen LogP contribution in [-0.2, 0) is 16.8 Å². The monoisotopic (exact) mass is 427 g/mol. The van der Waals surface area contributed by atoms with Crippen LogP contribution in [0.2, 0.25) is 0 Å². The van der Waals surface area contributed by atoms with E-state index >= 15 is 0 Å². The third-order valence-electron chi connectivity index (χ3n) is 5.40. The third-order valence-corrected chi connectivity index (χ3v) is 6.82. The number of nitrogens with zero attached hydrogens (tertiary/aromatic N) is 6. The van der Waals surface area contributed by atoms with Crippen LogP contribution >= 0.6 is 11.3 Å². The fourth-order valence-corrected chi connectivity index (χ4v) is 4.75. The molecule has 0 spiro atoms. The number of thiazole rings is 1. The number of anilines is 1. The second-order valence-electron chi connectivity index (χ2n) is 8.68. The first-order valence-electron chi connectivity index (χ1n) is 10.5. The molecule has 3 aromatic heterocycles. The smallest absolute Gasteiger partial charge is 0.222 e. The number of aryl methyl sites for hydroxylation is 1. The second-order valence-corrected chi connectivity index (χ2v) is 9.71. The summed E-state index contributed by atoms with van der Waals surface area (Å²) in [4.78, 5) is 33.5. The maximum Gasteiger partial charge on any atom is 0.222 e. The Morgan fingerprint density at radius 2 is 2.07 bits per heavy atom. The topological polar surface area (TPSA) is 88.8 Å². The number of hydrogen-bond donors (Lipinski definition) is 1. The van der Waals surface area contributed by atoms with Crippen molar-refractivity contribution in [1.29, 1.82) is 0 Å². The van der Waals surface area contributed by atoms with Gasteiger partial charge in [0.05, 0.1) is 9.88 Å². The number of aromatic nitrogens is 5. The molecule has 0 unspecified atom stereocenters. The van der Waals surface area contributed by atoms with E-state index in [1.807, 2.05) is 18.0 Å². The highest BCUT2D eigenvalue weighted by atomic mass is 32.1. The number of rotatable bonds is 5. The molecule has 0 aliphatic carbocycles. The fraction of sp³-hybridized carbons (Fsp3) is 0.571. The van der Waals surface area contributed by atoms with Crippen LogP contribution in [0.4, 0.5) is 5.82 Å². The number of carbonyl (C=O) groups excluding carboxylic acids is 1. The molecule has 4 heterocycles. The van der Waals surface area contributed by atoms with Gasteiger partial charge < -0.3 is 14.8 Å². The van der Waals surface area contributed by atoms with Crippen molar-refractivity contribution in [3.63, 3.8) is 0 Å². The van der Waals surface area contributed by atoms with Crippen molar-refractivity contribution in [2.75, 3.05) is 18.4 Å². The first-order chi connectivity index (χ1) is 14.3. The zero-order chi connectivity index (χ0) is 21.5. The normalized spacial score (nSPS) is 17.1. The lowest BCUT2D eigenvalue weighted by molar-refractivity contribution is -0.129. The third kappa shape index (κ3) is 3.78. The van der Waals surface area contributed by atoms with Gasteiger partial charge >= 0.3 is 0 Å². The van der Waals surface area contributed by atoms with Crippen molar-refractivity contribution in [1.82, 2.24) is 29.4 Å². The van der Waals surface area contributed by atoms with Gasteiger partial charge in [0.2, 0.25) is 5.91 Å². The fourth-order valence-electron chi connectivity index (χ4n) is 3.78. The summed E-state index contributed by atoms with van der Waals surface area (Å²) >= 11 is 1.68. The van der Waals surface area contributed by atoms with Crippen LogP contribution in [0.5, 0.6) is 0 Å². The Morgan fingerprint density at radius 3 is 2.73 bits per heavy atom. The lowest BCUT2D eigenvalue weighted by atomic mass is 9.98. The molecule has 4 rings (SSSR count). The lowest BCUT2D eigenvalue weighted by Crippen LogP contribution is -2.31. The summed E-state index contributed by atoms with van der Waals surface area (Å²) in [6.45, 7) is 12.7. The van der Waals surface area contributed by atoms with Crippen LogP contribution in [0, 0.1) is 0 Å². The number of fused-ring (bicyclic) bond motifs is 1. The number of likely N-dealkylation sites (tertiary alicyclic amines) is 1. The number of carbonyl (C=O) groups is 1. The lowest BCUT2D eigenvalue weighted by Gasteiger charge is -2.16. The van der Waals surface area contributed by atoms with Gasteiger partial charge in [-0.15, -0.1) is 11.3 Å². The zero-order valence-corrected chi connectivity index (χ0v) is 19.1. The van der Waals surface area contributed by atoms with Crippen molar-refractivity contribution < 1.29 is 4.79 Å². The number of hydrogen-bond acceptors (Lipinski definition) is 7. The molecular weight excluding hydrogens is 398 g/mol. The van der Waals surface area contributed by atoms with E-state index in [9.17, 15) is 4.79 Å². The first-order valence-corrected chi connectivity index (χ1v) is 11.4. The molecule has 0 radical (unpaired) electrons. The van der Waals surface area contributed by atoms with E-state index < -0.39 is 0 Å². The van der Waals surface area contributed by atoms with Crippen LogP contribution in [-0.4, -0.2) is 54.4 Å². The molecule has 1 atom stereocenters. The van der Waals surface area contributed by atoms with Crippen molar-refractivity contribution >= 4 is 34.2 Å². The van der Waals surface area contributed by atoms with Gasteiger partial charge in [-0.1, -0.05) is 27.7 Å². The summed E-state index contributed by atoms with van der Waals surface area (Å²) in [6.07, 6.45) is 4.94. The number of nitrogens with one attached hydrogen (secondary N) is 1. The van der Waals surface area contributed by atoms with E-state index in [-0.39, 0.29) is 17.4 Å². The molecule has 1 amide bonds. The van der Waals surface area contributed by atoms with Gasteiger partial charge in [0.1, 0.15) is 6.33 Å². The highest BCUT2D eigenvalue weighted by Gasteiger charge is 2.27. The molecule has 160 valence electrons. The van der Waals surface area contributed by atoms with Crippen molar-refractivity contribution in [2.45, 2.75) is 65.5 Å². The molecule has 1 N–H and O–H groups in total. The average molecular weight is 428 g/mol. The van der Waals surface area contributed by atoms with Crippen LogP contribution < -0.4 is 5.32 Å². The van der Waals surface area contributed by atoms with E-state index in [0.717, 1.165) is 52.2 Å². The highest BCUT2D eigenvalue weighted by molar-refractivity contribution is 7.15. The van der Waals surface area contributed by atoms with Crippen LogP contribution in [0.25, 0.3) is 21.9 Å². The minimum atomic E-state index is 0.00275. The molecule has 3 aromatic rings. The van der Waals surface area contributed by atoms with E-state index in [1.54, 1.807) is 17.7 Å². The predicted octanol–water partition coefficient (Wildman–Crippen LogP) is 3.69. The Hall–Kier alpha value is -2.55. The highest BCUT2D eigenvalue weighted by Crippen LogP contribution is 2.34. The summed E-state index contributed by atoms with van der Waals surface area (Å²) < 4.78 is 2.11. The molecule has 0 bridgehead atoms. The van der Waals surface area contributed by atoms with Gasteiger partial charge in [0.15, 0.2) is 22.8 Å². The van der Waals surface area contributed by atoms with Gasteiger partial charge in [0, 0.05) is 43.7 Å². The van der Waals surface area contributed by atoms with E-state index in [2.05, 4.69) is 52.5 Å². The Balaban J connectivity index is 1.67. The molecule has 1 aliphatic rings. The van der Waals surface area contributed by atoms with Gasteiger partial charge in [-0.2, -0.15) is 0 Å². The van der Waals surface area contributed by atoms with E-state index in [0.29, 0.717) is 13.0 Å². The maximum absolute atomic E-state index is 12.0. The molecule has 1 saturated heterocycles. The number of amides is 1. The molecule has 1 aliphatic heterocycles. The van der Waals surface area contributed by atoms with E-state index in [1.165, 1.54) is 0 Å². The van der Waals surface area contributed by atoms with Crippen LogP contribution in [0.1, 0.15) is 52.5 Å². The Labute approximate surface area is 180 Å². The molecular formula is C21H29N7OS. The van der Waals surface area contributed by atoms with Crippen LogP contribution in [0.15, 0.2) is 12.5 Å². The summed E-state index contributed by atoms with van der Waals surface area (Å²) in [6, 6.07) is 0.171. The van der Waals surface area contributed by atoms with E-state index in [4.69, 9.17) is 4.98 Å². The molecule has 0 aromatic carbocycles.